The topological polar surface area (TPSA) is 73.1 Å². The van der Waals surface area contributed by atoms with Crippen molar-refractivity contribution in [3.8, 4) is 5.88 Å². The molecule has 0 radical (unpaired) electrons. The number of aromatic nitrogens is 2. The van der Waals surface area contributed by atoms with E-state index in [2.05, 4.69) is 15.3 Å². The molecule has 5 nitrogen and oxygen atoms in total. The number of anilines is 3. The van der Waals surface area contributed by atoms with E-state index in [1.54, 1.807) is 19.1 Å². The zero-order valence-corrected chi connectivity index (χ0v) is 11.6. The first-order valence-corrected chi connectivity index (χ1v) is 6.28. The Kier molecular flexibility index (Phi) is 4.02. The number of rotatable bonds is 4. The SMILES string of the molecule is Cc1cccc(F)c1Nc1ncnc(OC(C)C)c1N. The van der Waals surface area contributed by atoms with Crippen molar-refractivity contribution in [1.29, 1.82) is 0 Å². The molecular weight excluding hydrogens is 259 g/mol. The summed E-state index contributed by atoms with van der Waals surface area (Å²) in [7, 11) is 0. The average Bonchev–Trinajstić information content (AvgIpc) is 2.37. The molecule has 0 aliphatic rings. The predicted molar refractivity (Wildman–Crippen MR) is 76.6 cm³/mol. The van der Waals surface area contributed by atoms with E-state index in [-0.39, 0.29) is 23.5 Å². The maximum atomic E-state index is 13.8. The lowest BCUT2D eigenvalue weighted by Gasteiger charge is -2.15. The molecule has 1 aromatic carbocycles. The molecule has 0 saturated heterocycles. The Labute approximate surface area is 117 Å². The molecule has 0 unspecified atom stereocenters. The van der Waals surface area contributed by atoms with Gasteiger partial charge in [-0.1, -0.05) is 12.1 Å². The van der Waals surface area contributed by atoms with Crippen LogP contribution in [0.2, 0.25) is 0 Å². The summed E-state index contributed by atoms with van der Waals surface area (Å²) in [5.41, 5.74) is 7.30. The minimum Gasteiger partial charge on any atom is -0.473 e. The highest BCUT2D eigenvalue weighted by atomic mass is 19.1. The molecule has 0 atom stereocenters. The fourth-order valence-corrected chi connectivity index (χ4v) is 1.70. The number of nitrogens with one attached hydrogen (secondary N) is 1. The molecule has 0 fully saturated rings. The smallest absolute Gasteiger partial charge is 0.242 e. The summed E-state index contributed by atoms with van der Waals surface area (Å²) in [6, 6.07) is 4.82. The van der Waals surface area contributed by atoms with E-state index in [0.29, 0.717) is 11.5 Å². The Hall–Kier alpha value is -2.37. The van der Waals surface area contributed by atoms with Crippen LogP contribution in [0.5, 0.6) is 5.88 Å². The zero-order chi connectivity index (χ0) is 14.7. The Morgan fingerprint density at radius 1 is 1.30 bits per heavy atom. The van der Waals surface area contributed by atoms with Gasteiger partial charge < -0.3 is 15.8 Å². The summed E-state index contributed by atoms with van der Waals surface area (Å²) < 4.78 is 19.3. The van der Waals surface area contributed by atoms with Crippen LogP contribution in [-0.2, 0) is 0 Å². The lowest BCUT2D eigenvalue weighted by molar-refractivity contribution is 0.234. The maximum Gasteiger partial charge on any atom is 0.242 e. The van der Waals surface area contributed by atoms with Crippen LogP contribution >= 0.6 is 0 Å². The van der Waals surface area contributed by atoms with E-state index in [4.69, 9.17) is 10.5 Å². The van der Waals surface area contributed by atoms with Crippen LogP contribution in [0, 0.1) is 12.7 Å². The molecular formula is C14H17FN4O. The third-order valence-corrected chi connectivity index (χ3v) is 2.66. The van der Waals surface area contributed by atoms with Crippen LogP contribution in [0.1, 0.15) is 19.4 Å². The van der Waals surface area contributed by atoms with E-state index >= 15 is 0 Å². The summed E-state index contributed by atoms with van der Waals surface area (Å²) in [6.45, 7) is 5.54. The fourth-order valence-electron chi connectivity index (χ4n) is 1.70. The molecule has 0 aliphatic heterocycles. The third-order valence-electron chi connectivity index (χ3n) is 2.66. The lowest BCUT2D eigenvalue weighted by atomic mass is 10.2. The Balaban J connectivity index is 2.35. The second-order valence-electron chi connectivity index (χ2n) is 4.66. The highest BCUT2D eigenvalue weighted by Gasteiger charge is 2.13. The van der Waals surface area contributed by atoms with Crippen molar-refractivity contribution < 1.29 is 9.13 Å². The number of hydrogen-bond donors (Lipinski definition) is 2. The molecule has 2 aromatic rings. The second kappa shape index (κ2) is 5.73. The van der Waals surface area contributed by atoms with Gasteiger partial charge >= 0.3 is 0 Å². The molecule has 1 heterocycles. The monoisotopic (exact) mass is 276 g/mol. The molecule has 2 rings (SSSR count). The van der Waals surface area contributed by atoms with Crippen LogP contribution in [0.25, 0.3) is 0 Å². The highest BCUT2D eigenvalue weighted by molar-refractivity contribution is 5.73. The van der Waals surface area contributed by atoms with Crippen molar-refractivity contribution in [1.82, 2.24) is 9.97 Å². The van der Waals surface area contributed by atoms with Gasteiger partial charge in [0.2, 0.25) is 5.88 Å². The molecule has 0 saturated carbocycles. The first-order valence-electron chi connectivity index (χ1n) is 6.28. The van der Waals surface area contributed by atoms with Gasteiger partial charge in [0, 0.05) is 0 Å². The summed E-state index contributed by atoms with van der Waals surface area (Å²) in [5.74, 6) is 0.240. The Bertz CT molecular complexity index is 596. The van der Waals surface area contributed by atoms with E-state index in [9.17, 15) is 4.39 Å². The van der Waals surface area contributed by atoms with Gasteiger partial charge in [-0.2, -0.15) is 4.98 Å². The number of nitrogens with two attached hydrogens (primary N) is 1. The van der Waals surface area contributed by atoms with Crippen LogP contribution < -0.4 is 15.8 Å². The number of nitrogens with zero attached hydrogens (tertiary/aromatic N) is 2. The van der Waals surface area contributed by atoms with E-state index in [0.717, 1.165) is 5.56 Å². The van der Waals surface area contributed by atoms with E-state index < -0.39 is 0 Å². The number of ether oxygens (including phenoxy) is 1. The first kappa shape index (κ1) is 14.0. The fraction of sp³-hybridized carbons (Fsp3) is 0.286. The minimum absolute atomic E-state index is 0.0600. The number of nitrogen functional groups attached to an aromatic ring is 1. The lowest BCUT2D eigenvalue weighted by Crippen LogP contribution is -2.11. The number of hydrogen-bond acceptors (Lipinski definition) is 5. The number of benzene rings is 1. The Morgan fingerprint density at radius 3 is 2.70 bits per heavy atom. The minimum atomic E-state index is -0.366. The zero-order valence-electron chi connectivity index (χ0n) is 11.6. The van der Waals surface area contributed by atoms with Gasteiger partial charge in [0.25, 0.3) is 0 Å². The predicted octanol–water partition coefficient (Wildman–Crippen LogP) is 3.04. The molecule has 20 heavy (non-hydrogen) atoms. The molecule has 0 amide bonds. The standard InChI is InChI=1S/C14H17FN4O/c1-8(2)20-14-11(16)13(17-7-18-14)19-12-9(3)5-4-6-10(12)15/h4-8H,16H2,1-3H3,(H,17,18,19). The number of aryl methyl sites for hydroxylation is 1. The van der Waals surface area contributed by atoms with Crippen LogP contribution in [0.3, 0.4) is 0 Å². The van der Waals surface area contributed by atoms with Crippen LogP contribution in [0.15, 0.2) is 24.5 Å². The van der Waals surface area contributed by atoms with Crippen molar-refractivity contribution in [2.24, 2.45) is 0 Å². The van der Waals surface area contributed by atoms with Gasteiger partial charge in [0.1, 0.15) is 17.8 Å². The molecule has 0 aliphatic carbocycles. The second-order valence-corrected chi connectivity index (χ2v) is 4.66. The van der Waals surface area contributed by atoms with Gasteiger partial charge in [0.15, 0.2) is 5.82 Å². The summed E-state index contributed by atoms with van der Waals surface area (Å²) in [4.78, 5) is 8.00. The number of halogens is 1. The number of para-hydroxylation sites is 1. The third kappa shape index (κ3) is 2.96. The van der Waals surface area contributed by atoms with Crippen LogP contribution in [0.4, 0.5) is 21.6 Å². The molecule has 0 spiro atoms. The van der Waals surface area contributed by atoms with Crippen LogP contribution in [-0.4, -0.2) is 16.1 Å². The first-order chi connectivity index (χ1) is 9.49. The molecule has 1 aromatic heterocycles. The van der Waals surface area contributed by atoms with Gasteiger partial charge in [-0.3, -0.25) is 0 Å². The van der Waals surface area contributed by atoms with Crippen molar-refractivity contribution in [2.45, 2.75) is 26.9 Å². The largest absolute Gasteiger partial charge is 0.473 e. The molecule has 6 heteroatoms. The van der Waals surface area contributed by atoms with Gasteiger partial charge in [-0.15, -0.1) is 0 Å². The van der Waals surface area contributed by atoms with Gasteiger partial charge in [0.05, 0.1) is 11.8 Å². The van der Waals surface area contributed by atoms with E-state index in [1.165, 1.54) is 12.4 Å². The molecule has 3 N–H and O–H groups in total. The quantitative estimate of drug-likeness (QED) is 0.898. The highest BCUT2D eigenvalue weighted by Crippen LogP contribution is 2.30. The average molecular weight is 276 g/mol. The van der Waals surface area contributed by atoms with Crippen molar-refractivity contribution >= 4 is 17.2 Å². The molecule has 0 bridgehead atoms. The maximum absolute atomic E-state index is 13.8. The normalized spacial score (nSPS) is 10.7. The summed E-state index contributed by atoms with van der Waals surface area (Å²) >= 11 is 0. The molecule has 106 valence electrons. The van der Waals surface area contributed by atoms with Crippen molar-refractivity contribution in [3.63, 3.8) is 0 Å². The summed E-state index contributed by atoms with van der Waals surface area (Å²) in [5, 5.41) is 2.89. The van der Waals surface area contributed by atoms with Crippen molar-refractivity contribution in [2.75, 3.05) is 11.1 Å². The summed E-state index contributed by atoms with van der Waals surface area (Å²) in [6.07, 6.45) is 1.27. The van der Waals surface area contributed by atoms with Crippen molar-refractivity contribution in [3.05, 3.63) is 35.9 Å². The van der Waals surface area contributed by atoms with Gasteiger partial charge in [-0.25, -0.2) is 9.37 Å². The van der Waals surface area contributed by atoms with Gasteiger partial charge in [-0.05, 0) is 32.4 Å². The Morgan fingerprint density at radius 2 is 2.05 bits per heavy atom. The van der Waals surface area contributed by atoms with E-state index in [1.807, 2.05) is 13.8 Å².